The average molecular weight is 281 g/mol. The average Bonchev–Trinajstić information content (AvgIpc) is 3.12. The molecule has 0 saturated heterocycles. The molecule has 5 heteroatoms. The van der Waals surface area contributed by atoms with Crippen LogP contribution in [0.1, 0.15) is 37.0 Å². The highest BCUT2D eigenvalue weighted by atomic mass is 32.2. The molecular weight excluding hydrogens is 262 g/mol. The van der Waals surface area contributed by atoms with Crippen molar-refractivity contribution in [3.63, 3.8) is 0 Å². The summed E-state index contributed by atoms with van der Waals surface area (Å²) in [4.78, 5) is 14.5. The molecule has 19 heavy (non-hydrogen) atoms. The summed E-state index contributed by atoms with van der Waals surface area (Å²) in [5.41, 5.74) is 0.448. The molecule has 1 aliphatic rings. The van der Waals surface area contributed by atoms with Gasteiger partial charge >= 0.3 is 0 Å². The molecule has 0 atom stereocenters. The summed E-state index contributed by atoms with van der Waals surface area (Å²) in [6.07, 6.45) is 3.23. The van der Waals surface area contributed by atoms with Gasteiger partial charge in [-0.05, 0) is 44.9 Å². The van der Waals surface area contributed by atoms with Crippen LogP contribution in [0.2, 0.25) is 0 Å². The molecule has 0 unspecified atom stereocenters. The van der Waals surface area contributed by atoms with Crippen LogP contribution in [0.5, 0.6) is 0 Å². The van der Waals surface area contributed by atoms with Crippen LogP contribution in [-0.4, -0.2) is 37.6 Å². The van der Waals surface area contributed by atoms with E-state index in [9.17, 15) is 13.2 Å². The minimum Gasteiger partial charge on any atom is -0.333 e. The Morgan fingerprint density at radius 3 is 2.42 bits per heavy atom. The molecule has 0 radical (unpaired) electrons. The van der Waals surface area contributed by atoms with E-state index in [4.69, 9.17) is 0 Å². The van der Waals surface area contributed by atoms with Gasteiger partial charge in [0.2, 0.25) is 0 Å². The van der Waals surface area contributed by atoms with Crippen molar-refractivity contribution >= 4 is 15.7 Å². The zero-order chi connectivity index (χ0) is 14.2. The monoisotopic (exact) mass is 281 g/mol. The van der Waals surface area contributed by atoms with Crippen molar-refractivity contribution in [2.75, 3.05) is 6.26 Å². The molecule has 1 saturated carbocycles. The first-order valence-corrected chi connectivity index (χ1v) is 8.32. The molecule has 1 amide bonds. The second kappa shape index (κ2) is 4.96. The van der Waals surface area contributed by atoms with Crippen LogP contribution in [-0.2, 0) is 9.84 Å². The van der Waals surface area contributed by atoms with Crippen LogP contribution in [0.25, 0.3) is 0 Å². The van der Waals surface area contributed by atoms with Gasteiger partial charge in [0.05, 0.1) is 4.90 Å². The largest absolute Gasteiger partial charge is 0.333 e. The molecule has 0 aromatic heterocycles. The zero-order valence-corrected chi connectivity index (χ0v) is 12.3. The van der Waals surface area contributed by atoms with Crippen LogP contribution in [0.3, 0.4) is 0 Å². The minimum atomic E-state index is -3.28. The van der Waals surface area contributed by atoms with Gasteiger partial charge in [-0.2, -0.15) is 0 Å². The number of carbonyl (C=O) groups excluding carboxylic acids is 1. The molecular formula is C14H19NO3S. The Kier molecular flexibility index (Phi) is 3.67. The summed E-state index contributed by atoms with van der Waals surface area (Å²) in [7, 11) is -3.28. The van der Waals surface area contributed by atoms with E-state index < -0.39 is 9.84 Å². The second-order valence-electron chi connectivity index (χ2n) is 5.34. The lowest BCUT2D eigenvalue weighted by molar-refractivity contribution is 0.0690. The lowest BCUT2D eigenvalue weighted by Gasteiger charge is -2.26. The molecule has 0 bridgehead atoms. The highest BCUT2D eigenvalue weighted by Crippen LogP contribution is 2.30. The lowest BCUT2D eigenvalue weighted by Crippen LogP contribution is -2.38. The molecule has 1 aromatic carbocycles. The van der Waals surface area contributed by atoms with Crippen LogP contribution in [0, 0.1) is 0 Å². The number of sulfone groups is 1. The molecule has 2 rings (SSSR count). The highest BCUT2D eigenvalue weighted by molar-refractivity contribution is 7.90. The number of nitrogens with zero attached hydrogens (tertiary/aromatic N) is 1. The van der Waals surface area contributed by atoms with Gasteiger partial charge in [0.1, 0.15) is 0 Å². The molecule has 1 aromatic rings. The van der Waals surface area contributed by atoms with Gasteiger partial charge in [0.15, 0.2) is 9.84 Å². The summed E-state index contributed by atoms with van der Waals surface area (Å²) in [6, 6.07) is 6.72. The third kappa shape index (κ3) is 3.15. The van der Waals surface area contributed by atoms with Crippen LogP contribution < -0.4 is 0 Å². The predicted molar refractivity (Wildman–Crippen MR) is 73.9 cm³/mol. The van der Waals surface area contributed by atoms with E-state index in [-0.39, 0.29) is 16.8 Å². The first kappa shape index (κ1) is 14.1. The Morgan fingerprint density at radius 1 is 1.32 bits per heavy atom. The molecule has 1 fully saturated rings. The van der Waals surface area contributed by atoms with E-state index in [1.54, 1.807) is 12.1 Å². The van der Waals surface area contributed by atoms with Crippen molar-refractivity contribution in [3.8, 4) is 0 Å². The third-order valence-corrected chi connectivity index (χ3v) is 4.35. The van der Waals surface area contributed by atoms with Gasteiger partial charge in [-0.3, -0.25) is 4.79 Å². The number of carbonyl (C=O) groups is 1. The number of benzene rings is 1. The van der Waals surface area contributed by atoms with Crippen molar-refractivity contribution in [1.82, 2.24) is 4.90 Å². The normalized spacial score (nSPS) is 15.6. The van der Waals surface area contributed by atoms with Crippen molar-refractivity contribution in [3.05, 3.63) is 29.8 Å². The fraction of sp³-hybridized carbons (Fsp3) is 0.500. The first-order valence-electron chi connectivity index (χ1n) is 6.43. The van der Waals surface area contributed by atoms with E-state index in [1.807, 2.05) is 18.7 Å². The topological polar surface area (TPSA) is 54.5 Å². The van der Waals surface area contributed by atoms with Gasteiger partial charge in [-0.15, -0.1) is 0 Å². The van der Waals surface area contributed by atoms with Gasteiger partial charge < -0.3 is 4.90 Å². The summed E-state index contributed by atoms with van der Waals surface area (Å²) in [6.45, 7) is 3.97. The van der Waals surface area contributed by atoms with Gasteiger partial charge in [0.25, 0.3) is 5.91 Å². The van der Waals surface area contributed by atoms with Gasteiger partial charge in [0, 0.05) is 23.9 Å². The van der Waals surface area contributed by atoms with Gasteiger partial charge in [-0.1, -0.05) is 6.07 Å². The third-order valence-electron chi connectivity index (χ3n) is 3.24. The number of rotatable bonds is 4. The zero-order valence-electron chi connectivity index (χ0n) is 11.5. The maximum atomic E-state index is 12.5. The SMILES string of the molecule is CC(C)N(C(=O)c1cccc(S(C)(=O)=O)c1)C1CC1. The molecule has 4 nitrogen and oxygen atoms in total. The smallest absolute Gasteiger partial charge is 0.254 e. The summed E-state index contributed by atoms with van der Waals surface area (Å²) < 4.78 is 23.1. The van der Waals surface area contributed by atoms with E-state index in [0.29, 0.717) is 11.6 Å². The molecule has 0 N–H and O–H groups in total. The fourth-order valence-electron chi connectivity index (χ4n) is 2.18. The van der Waals surface area contributed by atoms with Crippen molar-refractivity contribution in [2.24, 2.45) is 0 Å². The Labute approximate surface area is 114 Å². The van der Waals surface area contributed by atoms with Crippen LogP contribution in [0.15, 0.2) is 29.2 Å². The van der Waals surface area contributed by atoms with E-state index in [2.05, 4.69) is 0 Å². The molecule has 1 aliphatic carbocycles. The first-order chi connectivity index (χ1) is 8.80. The van der Waals surface area contributed by atoms with Crippen molar-refractivity contribution in [2.45, 2.75) is 43.7 Å². The maximum absolute atomic E-state index is 12.5. The fourth-order valence-corrected chi connectivity index (χ4v) is 2.85. The van der Waals surface area contributed by atoms with E-state index in [1.165, 1.54) is 12.1 Å². The maximum Gasteiger partial charge on any atom is 0.254 e. The quantitative estimate of drug-likeness (QED) is 0.849. The summed E-state index contributed by atoms with van der Waals surface area (Å²) in [5.74, 6) is -0.0806. The Morgan fingerprint density at radius 2 is 1.95 bits per heavy atom. The Balaban J connectivity index is 2.33. The van der Waals surface area contributed by atoms with Crippen molar-refractivity contribution < 1.29 is 13.2 Å². The molecule has 0 aliphatic heterocycles. The van der Waals surface area contributed by atoms with Crippen LogP contribution in [0.4, 0.5) is 0 Å². The lowest BCUT2D eigenvalue weighted by atomic mass is 10.1. The molecule has 104 valence electrons. The van der Waals surface area contributed by atoms with E-state index in [0.717, 1.165) is 19.1 Å². The van der Waals surface area contributed by atoms with Crippen molar-refractivity contribution in [1.29, 1.82) is 0 Å². The Hall–Kier alpha value is -1.36. The Bertz CT molecular complexity index is 586. The van der Waals surface area contributed by atoms with Gasteiger partial charge in [-0.25, -0.2) is 8.42 Å². The number of hydrogen-bond acceptors (Lipinski definition) is 3. The number of hydrogen-bond donors (Lipinski definition) is 0. The summed E-state index contributed by atoms with van der Waals surface area (Å²) in [5, 5.41) is 0. The van der Waals surface area contributed by atoms with Crippen LogP contribution >= 0.6 is 0 Å². The highest BCUT2D eigenvalue weighted by Gasteiger charge is 2.34. The molecule has 0 spiro atoms. The number of amides is 1. The van der Waals surface area contributed by atoms with E-state index >= 15 is 0 Å². The minimum absolute atomic E-state index is 0.0806. The standard InChI is InChI=1S/C14H19NO3S/c1-10(2)15(12-7-8-12)14(16)11-5-4-6-13(9-11)19(3,17)18/h4-6,9-10,12H,7-8H2,1-3H3. The molecule has 0 heterocycles. The summed E-state index contributed by atoms with van der Waals surface area (Å²) >= 11 is 0. The second-order valence-corrected chi connectivity index (χ2v) is 7.35. The predicted octanol–water partition coefficient (Wildman–Crippen LogP) is 2.10.